The van der Waals surface area contributed by atoms with E-state index < -0.39 is 0 Å². The molecule has 1 atom stereocenters. The SMILES string of the molecule is COc1cc(C(C)NCc2ccon2)cc(OC)c1OC. The molecule has 1 aromatic carbocycles. The summed E-state index contributed by atoms with van der Waals surface area (Å²) in [5.74, 6) is 1.87. The highest BCUT2D eigenvalue weighted by Gasteiger charge is 2.16. The summed E-state index contributed by atoms with van der Waals surface area (Å²) >= 11 is 0. The molecule has 0 aliphatic carbocycles. The van der Waals surface area contributed by atoms with E-state index in [4.69, 9.17) is 18.7 Å². The van der Waals surface area contributed by atoms with Crippen molar-refractivity contribution in [1.29, 1.82) is 0 Å². The fourth-order valence-corrected chi connectivity index (χ4v) is 2.06. The third kappa shape index (κ3) is 3.46. The van der Waals surface area contributed by atoms with Gasteiger partial charge in [0.05, 0.1) is 27.0 Å². The monoisotopic (exact) mass is 292 g/mol. The predicted octanol–water partition coefficient (Wildman–Crippen LogP) is 2.55. The molecule has 0 fully saturated rings. The topological polar surface area (TPSA) is 65.8 Å². The lowest BCUT2D eigenvalue weighted by atomic mass is 10.1. The predicted molar refractivity (Wildman–Crippen MR) is 77.9 cm³/mol. The van der Waals surface area contributed by atoms with Crippen molar-refractivity contribution in [2.75, 3.05) is 21.3 Å². The molecule has 2 aromatic rings. The number of hydrogen-bond donors (Lipinski definition) is 1. The molecule has 1 heterocycles. The van der Waals surface area contributed by atoms with Gasteiger partial charge in [0.2, 0.25) is 5.75 Å². The molecule has 0 saturated carbocycles. The Balaban J connectivity index is 2.18. The van der Waals surface area contributed by atoms with Gasteiger partial charge in [-0.25, -0.2) is 0 Å². The molecule has 114 valence electrons. The summed E-state index contributed by atoms with van der Waals surface area (Å²) < 4.78 is 20.8. The quantitative estimate of drug-likeness (QED) is 0.846. The highest BCUT2D eigenvalue weighted by atomic mass is 16.5. The molecular weight excluding hydrogens is 272 g/mol. The average Bonchev–Trinajstić information content (AvgIpc) is 3.04. The van der Waals surface area contributed by atoms with E-state index in [9.17, 15) is 0 Å². The number of methoxy groups -OCH3 is 3. The first-order chi connectivity index (χ1) is 10.2. The van der Waals surface area contributed by atoms with Crippen molar-refractivity contribution < 1.29 is 18.7 Å². The van der Waals surface area contributed by atoms with E-state index in [0.717, 1.165) is 11.3 Å². The second-order valence-electron chi connectivity index (χ2n) is 4.55. The molecule has 0 radical (unpaired) electrons. The fraction of sp³-hybridized carbons (Fsp3) is 0.400. The smallest absolute Gasteiger partial charge is 0.203 e. The minimum absolute atomic E-state index is 0.0930. The van der Waals surface area contributed by atoms with Gasteiger partial charge < -0.3 is 24.1 Å². The third-order valence-corrected chi connectivity index (χ3v) is 3.27. The Labute approximate surface area is 124 Å². The summed E-state index contributed by atoms with van der Waals surface area (Å²) in [4.78, 5) is 0. The summed E-state index contributed by atoms with van der Waals surface area (Å²) in [6.07, 6.45) is 1.56. The van der Waals surface area contributed by atoms with E-state index >= 15 is 0 Å². The molecule has 6 heteroatoms. The van der Waals surface area contributed by atoms with Crippen molar-refractivity contribution in [3.63, 3.8) is 0 Å². The molecule has 6 nitrogen and oxygen atoms in total. The van der Waals surface area contributed by atoms with E-state index in [1.807, 2.05) is 18.2 Å². The molecule has 1 aromatic heterocycles. The van der Waals surface area contributed by atoms with Gasteiger partial charge in [-0.3, -0.25) is 0 Å². The minimum Gasteiger partial charge on any atom is -0.493 e. The molecule has 0 bridgehead atoms. The number of nitrogens with zero attached hydrogens (tertiary/aromatic N) is 1. The van der Waals surface area contributed by atoms with E-state index in [2.05, 4.69) is 17.4 Å². The van der Waals surface area contributed by atoms with Crippen LogP contribution in [-0.4, -0.2) is 26.5 Å². The zero-order valence-electron chi connectivity index (χ0n) is 12.7. The van der Waals surface area contributed by atoms with Gasteiger partial charge in [-0.05, 0) is 24.6 Å². The van der Waals surface area contributed by atoms with Gasteiger partial charge in [0, 0.05) is 18.7 Å². The first-order valence-electron chi connectivity index (χ1n) is 6.62. The van der Waals surface area contributed by atoms with Crippen LogP contribution in [0.1, 0.15) is 24.2 Å². The lowest BCUT2D eigenvalue weighted by molar-refractivity contribution is 0.323. The molecule has 21 heavy (non-hydrogen) atoms. The summed E-state index contributed by atoms with van der Waals surface area (Å²) in [5, 5.41) is 7.24. The number of rotatable bonds is 7. The number of benzene rings is 1. The van der Waals surface area contributed by atoms with Crippen LogP contribution in [0.2, 0.25) is 0 Å². The molecule has 0 spiro atoms. The highest BCUT2D eigenvalue weighted by Crippen LogP contribution is 2.39. The standard InChI is InChI=1S/C15H20N2O4/c1-10(16-9-12-5-6-21-17-12)11-7-13(18-2)15(20-4)14(8-11)19-3/h5-8,10,16H,9H2,1-4H3. The van der Waals surface area contributed by atoms with Crippen LogP contribution >= 0.6 is 0 Å². The normalized spacial score (nSPS) is 12.0. The van der Waals surface area contributed by atoms with Crippen LogP contribution in [0.25, 0.3) is 0 Å². The van der Waals surface area contributed by atoms with Gasteiger partial charge in [0.1, 0.15) is 6.26 Å². The third-order valence-electron chi connectivity index (χ3n) is 3.27. The van der Waals surface area contributed by atoms with Crippen molar-refractivity contribution in [1.82, 2.24) is 10.5 Å². The number of hydrogen-bond acceptors (Lipinski definition) is 6. The first-order valence-corrected chi connectivity index (χ1v) is 6.62. The molecule has 1 unspecified atom stereocenters. The van der Waals surface area contributed by atoms with Crippen LogP contribution in [0, 0.1) is 0 Å². The Morgan fingerprint density at radius 3 is 2.29 bits per heavy atom. The molecule has 0 saturated heterocycles. The second-order valence-corrected chi connectivity index (χ2v) is 4.55. The van der Waals surface area contributed by atoms with Gasteiger partial charge >= 0.3 is 0 Å². The molecule has 0 aliphatic heterocycles. The zero-order valence-corrected chi connectivity index (χ0v) is 12.7. The Bertz CT molecular complexity index is 544. The largest absolute Gasteiger partial charge is 0.493 e. The van der Waals surface area contributed by atoms with E-state index in [1.165, 1.54) is 0 Å². The Kier molecular flexibility index (Phi) is 5.05. The lowest BCUT2D eigenvalue weighted by Gasteiger charge is -2.18. The molecule has 2 rings (SSSR count). The van der Waals surface area contributed by atoms with E-state index in [1.54, 1.807) is 27.6 Å². The second kappa shape index (κ2) is 6.99. The Morgan fingerprint density at radius 2 is 1.81 bits per heavy atom. The lowest BCUT2D eigenvalue weighted by Crippen LogP contribution is -2.18. The van der Waals surface area contributed by atoms with Crippen molar-refractivity contribution in [2.24, 2.45) is 0 Å². The number of aromatic nitrogens is 1. The fourth-order valence-electron chi connectivity index (χ4n) is 2.06. The highest BCUT2D eigenvalue weighted by molar-refractivity contribution is 5.54. The van der Waals surface area contributed by atoms with Gasteiger partial charge in [-0.1, -0.05) is 5.16 Å². The summed E-state index contributed by atoms with van der Waals surface area (Å²) in [5.41, 5.74) is 1.89. The average molecular weight is 292 g/mol. The van der Waals surface area contributed by atoms with E-state index in [-0.39, 0.29) is 6.04 Å². The van der Waals surface area contributed by atoms with Gasteiger partial charge in [-0.15, -0.1) is 0 Å². The maximum Gasteiger partial charge on any atom is 0.203 e. The Hall–Kier alpha value is -2.21. The van der Waals surface area contributed by atoms with Crippen LogP contribution in [0.15, 0.2) is 29.0 Å². The van der Waals surface area contributed by atoms with Gasteiger partial charge in [0.15, 0.2) is 11.5 Å². The van der Waals surface area contributed by atoms with E-state index in [0.29, 0.717) is 23.8 Å². The van der Waals surface area contributed by atoms with Crippen molar-refractivity contribution in [3.8, 4) is 17.2 Å². The van der Waals surface area contributed by atoms with Crippen LogP contribution in [-0.2, 0) is 6.54 Å². The minimum atomic E-state index is 0.0930. The molecular formula is C15H20N2O4. The van der Waals surface area contributed by atoms with Crippen molar-refractivity contribution in [3.05, 3.63) is 35.7 Å². The first kappa shape index (κ1) is 15.2. The van der Waals surface area contributed by atoms with Crippen molar-refractivity contribution in [2.45, 2.75) is 19.5 Å². The van der Waals surface area contributed by atoms with Crippen LogP contribution in [0.3, 0.4) is 0 Å². The van der Waals surface area contributed by atoms with Crippen LogP contribution < -0.4 is 19.5 Å². The Morgan fingerprint density at radius 1 is 1.14 bits per heavy atom. The maximum atomic E-state index is 5.36. The van der Waals surface area contributed by atoms with Crippen LogP contribution in [0.4, 0.5) is 0 Å². The number of nitrogens with one attached hydrogen (secondary N) is 1. The van der Waals surface area contributed by atoms with Gasteiger partial charge in [0.25, 0.3) is 0 Å². The summed E-state index contributed by atoms with van der Waals surface area (Å²) in [6, 6.07) is 5.79. The molecule has 0 aliphatic rings. The van der Waals surface area contributed by atoms with Crippen LogP contribution in [0.5, 0.6) is 17.2 Å². The van der Waals surface area contributed by atoms with Gasteiger partial charge in [-0.2, -0.15) is 0 Å². The maximum absolute atomic E-state index is 5.36. The summed E-state index contributed by atoms with van der Waals surface area (Å²) in [6.45, 7) is 2.68. The molecule has 1 N–H and O–H groups in total. The summed E-state index contributed by atoms with van der Waals surface area (Å²) in [7, 11) is 4.80. The number of ether oxygens (including phenoxy) is 3. The zero-order chi connectivity index (χ0) is 15.2. The molecule has 0 amide bonds. The van der Waals surface area contributed by atoms with Crippen molar-refractivity contribution >= 4 is 0 Å².